The molecule has 4 nitrogen and oxygen atoms in total. The molecular formula is C12H19N2O2P. The van der Waals surface area contributed by atoms with Crippen molar-refractivity contribution in [1.29, 1.82) is 0 Å². The molecule has 1 saturated heterocycles. The van der Waals surface area contributed by atoms with E-state index >= 15 is 0 Å². The third-order valence-corrected chi connectivity index (χ3v) is 5.88. The van der Waals surface area contributed by atoms with E-state index in [2.05, 4.69) is 10.3 Å². The van der Waals surface area contributed by atoms with E-state index in [1.54, 1.807) is 12.3 Å². The van der Waals surface area contributed by atoms with Crippen LogP contribution in [0.15, 0.2) is 24.4 Å². The van der Waals surface area contributed by atoms with Gasteiger partial charge in [0.05, 0.1) is 11.9 Å². The first-order chi connectivity index (χ1) is 7.77. The average Bonchev–Trinajstić information content (AvgIpc) is 2.24. The predicted octanol–water partition coefficient (Wildman–Crippen LogP) is 2.12. The third-order valence-electron chi connectivity index (χ3n) is 2.94. The van der Waals surface area contributed by atoms with Crippen LogP contribution in [0.1, 0.15) is 27.7 Å². The quantitative estimate of drug-likeness (QED) is 0.780. The maximum atomic E-state index is 13.0. The maximum Gasteiger partial charge on any atom is 0.268 e. The molecule has 0 saturated carbocycles. The second-order valence-electron chi connectivity index (χ2n) is 5.58. The summed E-state index contributed by atoms with van der Waals surface area (Å²) in [6.45, 7) is 8.31. The van der Waals surface area contributed by atoms with Crippen molar-refractivity contribution in [2.24, 2.45) is 0 Å². The summed E-state index contributed by atoms with van der Waals surface area (Å²) in [7, 11) is -2.97. The molecule has 0 aromatic carbocycles. The average molecular weight is 254 g/mol. The van der Waals surface area contributed by atoms with Gasteiger partial charge in [-0.2, -0.15) is 0 Å². The molecule has 2 heterocycles. The van der Waals surface area contributed by atoms with Crippen LogP contribution in [-0.4, -0.2) is 22.4 Å². The van der Waals surface area contributed by atoms with Crippen LogP contribution in [0.3, 0.4) is 0 Å². The zero-order valence-corrected chi connectivity index (χ0v) is 11.6. The largest absolute Gasteiger partial charge is 0.321 e. The molecule has 1 unspecified atom stereocenters. The first-order valence-electron chi connectivity index (χ1n) is 5.73. The Hall–Kier alpha value is -0.700. The van der Waals surface area contributed by atoms with Gasteiger partial charge in [-0.3, -0.25) is 14.9 Å². The van der Waals surface area contributed by atoms with Crippen LogP contribution in [0, 0.1) is 0 Å². The Kier molecular flexibility index (Phi) is 2.93. The molecule has 0 amide bonds. The molecule has 1 aromatic heterocycles. The topological polar surface area (TPSA) is 51.2 Å². The van der Waals surface area contributed by atoms with Gasteiger partial charge in [0, 0.05) is 11.7 Å². The highest BCUT2D eigenvalue weighted by atomic mass is 31.2. The molecule has 0 aliphatic carbocycles. The summed E-state index contributed by atoms with van der Waals surface area (Å²) in [4.78, 5) is 4.19. The van der Waals surface area contributed by atoms with Gasteiger partial charge in [-0.25, -0.2) is 0 Å². The van der Waals surface area contributed by atoms with E-state index in [1.807, 2.05) is 39.8 Å². The van der Waals surface area contributed by atoms with Crippen molar-refractivity contribution in [3.05, 3.63) is 24.4 Å². The van der Waals surface area contributed by atoms with Gasteiger partial charge < -0.3 is 4.52 Å². The first kappa shape index (κ1) is 12.7. The molecule has 1 atom stereocenters. The standard InChI is InChI=1S/C12H19N2O2P/c1-11(2)9-16-17(15,12(3,4)14-11)10-7-5-6-8-13-10/h5-8,14H,9H2,1-4H3. The lowest BCUT2D eigenvalue weighted by Gasteiger charge is -2.46. The van der Waals surface area contributed by atoms with E-state index in [4.69, 9.17) is 4.52 Å². The number of nitrogens with one attached hydrogen (secondary N) is 1. The van der Waals surface area contributed by atoms with E-state index in [0.717, 1.165) is 0 Å². The maximum absolute atomic E-state index is 13.0. The van der Waals surface area contributed by atoms with Crippen LogP contribution in [0.4, 0.5) is 0 Å². The van der Waals surface area contributed by atoms with Crippen molar-refractivity contribution >= 4 is 12.8 Å². The van der Waals surface area contributed by atoms with Crippen LogP contribution in [0.5, 0.6) is 0 Å². The monoisotopic (exact) mass is 254 g/mol. The number of rotatable bonds is 1. The molecular weight excluding hydrogens is 235 g/mol. The minimum absolute atomic E-state index is 0.174. The van der Waals surface area contributed by atoms with E-state index in [-0.39, 0.29) is 5.54 Å². The molecule has 0 bridgehead atoms. The highest BCUT2D eigenvalue weighted by molar-refractivity contribution is 7.68. The molecule has 2 rings (SSSR count). The minimum Gasteiger partial charge on any atom is -0.321 e. The molecule has 0 radical (unpaired) electrons. The fourth-order valence-electron chi connectivity index (χ4n) is 2.23. The van der Waals surface area contributed by atoms with Crippen molar-refractivity contribution in [2.75, 3.05) is 6.61 Å². The Bertz CT molecular complexity index is 457. The summed E-state index contributed by atoms with van der Waals surface area (Å²) < 4.78 is 18.7. The SMILES string of the molecule is CC1(C)COP(=O)(c2ccccn2)C(C)(C)N1. The van der Waals surface area contributed by atoms with Crippen molar-refractivity contribution in [3.63, 3.8) is 0 Å². The molecule has 94 valence electrons. The summed E-state index contributed by atoms with van der Waals surface area (Å²) in [5.74, 6) is 0. The Balaban J connectivity index is 2.43. The van der Waals surface area contributed by atoms with Gasteiger partial charge in [-0.15, -0.1) is 0 Å². The van der Waals surface area contributed by atoms with Crippen LogP contribution >= 0.6 is 7.37 Å². The van der Waals surface area contributed by atoms with Crippen LogP contribution < -0.4 is 10.8 Å². The molecule has 0 spiro atoms. The molecule has 5 heteroatoms. The van der Waals surface area contributed by atoms with Gasteiger partial charge in [-0.05, 0) is 39.8 Å². The summed E-state index contributed by atoms with van der Waals surface area (Å²) in [5.41, 5.74) is 0.361. The van der Waals surface area contributed by atoms with Gasteiger partial charge >= 0.3 is 0 Å². The van der Waals surface area contributed by atoms with E-state index < -0.39 is 12.6 Å². The van der Waals surface area contributed by atoms with Crippen molar-refractivity contribution in [2.45, 2.75) is 38.5 Å². The summed E-state index contributed by atoms with van der Waals surface area (Å²) in [5, 5.41) is 2.78. The fraction of sp³-hybridized carbons (Fsp3) is 0.583. The summed E-state index contributed by atoms with van der Waals surface area (Å²) >= 11 is 0. The molecule has 17 heavy (non-hydrogen) atoms. The molecule has 1 aliphatic rings. The third kappa shape index (κ3) is 2.17. The van der Waals surface area contributed by atoms with Gasteiger partial charge in [0.2, 0.25) is 0 Å². The first-order valence-corrected chi connectivity index (χ1v) is 7.35. The number of hydrogen-bond donors (Lipinski definition) is 1. The molecule has 1 N–H and O–H groups in total. The fourth-order valence-corrected chi connectivity index (χ4v) is 4.72. The smallest absolute Gasteiger partial charge is 0.268 e. The number of aromatic nitrogens is 1. The number of nitrogens with zero attached hydrogens (tertiary/aromatic N) is 1. The van der Waals surface area contributed by atoms with E-state index in [1.165, 1.54) is 0 Å². The van der Waals surface area contributed by atoms with Gasteiger partial charge in [0.15, 0.2) is 0 Å². The predicted molar refractivity (Wildman–Crippen MR) is 68.7 cm³/mol. The lowest BCUT2D eigenvalue weighted by Crippen LogP contribution is -2.59. The highest BCUT2D eigenvalue weighted by Crippen LogP contribution is 2.59. The van der Waals surface area contributed by atoms with E-state index in [0.29, 0.717) is 12.0 Å². The van der Waals surface area contributed by atoms with E-state index in [9.17, 15) is 4.57 Å². The van der Waals surface area contributed by atoms with Gasteiger partial charge in [-0.1, -0.05) is 6.07 Å². The number of pyridine rings is 1. The molecule has 1 aliphatic heterocycles. The second-order valence-corrected chi connectivity index (χ2v) is 8.52. The Morgan fingerprint density at radius 3 is 2.59 bits per heavy atom. The zero-order chi connectivity index (χ0) is 12.7. The molecule has 1 aromatic rings. The van der Waals surface area contributed by atoms with Crippen molar-refractivity contribution in [3.8, 4) is 0 Å². The Morgan fingerprint density at radius 2 is 2.06 bits per heavy atom. The Labute approximate surface area is 102 Å². The van der Waals surface area contributed by atoms with Crippen LogP contribution in [0.25, 0.3) is 0 Å². The lowest BCUT2D eigenvalue weighted by atomic mass is 10.1. The molecule has 1 fully saturated rings. The summed E-state index contributed by atoms with van der Waals surface area (Å²) in [6.07, 6.45) is 1.65. The second kappa shape index (κ2) is 3.91. The Morgan fingerprint density at radius 1 is 1.35 bits per heavy atom. The normalized spacial score (nSPS) is 31.1. The number of hydrogen-bond acceptors (Lipinski definition) is 4. The van der Waals surface area contributed by atoms with Crippen molar-refractivity contribution < 1.29 is 9.09 Å². The van der Waals surface area contributed by atoms with Crippen molar-refractivity contribution in [1.82, 2.24) is 10.3 Å². The van der Waals surface area contributed by atoms with Crippen LogP contribution in [0.2, 0.25) is 0 Å². The van der Waals surface area contributed by atoms with Gasteiger partial charge in [0.1, 0.15) is 5.44 Å². The summed E-state index contributed by atoms with van der Waals surface area (Å²) in [6, 6.07) is 5.41. The minimum atomic E-state index is -2.97. The highest BCUT2D eigenvalue weighted by Gasteiger charge is 2.51. The van der Waals surface area contributed by atoms with Crippen LogP contribution in [-0.2, 0) is 9.09 Å². The lowest BCUT2D eigenvalue weighted by molar-refractivity contribution is 0.146. The zero-order valence-electron chi connectivity index (χ0n) is 10.7. The van der Waals surface area contributed by atoms with Gasteiger partial charge in [0.25, 0.3) is 7.37 Å².